The Hall–Kier alpha value is -3.21. The fourth-order valence-electron chi connectivity index (χ4n) is 3.06. The van der Waals surface area contributed by atoms with Crippen molar-refractivity contribution in [2.45, 2.75) is 46.8 Å². The molecule has 0 saturated heterocycles. The first-order valence-corrected chi connectivity index (χ1v) is 9.92. The number of amides is 1. The summed E-state index contributed by atoms with van der Waals surface area (Å²) in [6, 6.07) is 20.1. The number of nitrogens with one attached hydrogen (secondary N) is 1. The zero-order chi connectivity index (χ0) is 20.8. The van der Waals surface area contributed by atoms with Gasteiger partial charge in [0.15, 0.2) is 0 Å². The Morgan fingerprint density at radius 1 is 0.966 bits per heavy atom. The van der Waals surface area contributed by atoms with E-state index in [4.69, 9.17) is 0 Å². The summed E-state index contributed by atoms with van der Waals surface area (Å²) in [6.07, 6.45) is 0. The number of carbonyl (C=O) groups is 1. The van der Waals surface area contributed by atoms with Crippen LogP contribution in [0.3, 0.4) is 0 Å². The monoisotopic (exact) mass is 388 g/mol. The largest absolute Gasteiger partial charge is 0.350 e. The number of aryl methyl sites for hydroxylation is 2. The highest BCUT2D eigenvalue weighted by atomic mass is 16.2. The van der Waals surface area contributed by atoms with Gasteiger partial charge in [-0.15, -0.1) is 0 Å². The van der Waals surface area contributed by atoms with Gasteiger partial charge >= 0.3 is 0 Å². The fraction of sp³-hybridized carbons (Fsp3) is 0.292. The lowest BCUT2D eigenvalue weighted by molar-refractivity contribution is 0.0684. The molecule has 5 heteroatoms. The van der Waals surface area contributed by atoms with E-state index >= 15 is 0 Å². The number of hydrogen-bond donors (Lipinski definition) is 1. The van der Waals surface area contributed by atoms with E-state index in [1.165, 1.54) is 5.56 Å². The minimum Gasteiger partial charge on any atom is -0.350 e. The molecule has 0 spiro atoms. The summed E-state index contributed by atoms with van der Waals surface area (Å²) in [5, 5.41) is 3.24. The Morgan fingerprint density at radius 2 is 1.66 bits per heavy atom. The van der Waals surface area contributed by atoms with E-state index in [0.717, 1.165) is 16.8 Å². The van der Waals surface area contributed by atoms with Crippen molar-refractivity contribution >= 4 is 11.9 Å². The molecule has 0 fully saturated rings. The molecule has 0 unspecified atom stereocenters. The van der Waals surface area contributed by atoms with Gasteiger partial charge in [-0.3, -0.25) is 4.79 Å². The molecule has 0 aliphatic rings. The van der Waals surface area contributed by atoms with Gasteiger partial charge in [0.1, 0.15) is 5.69 Å². The molecule has 0 saturated carbocycles. The Bertz CT molecular complexity index is 952. The van der Waals surface area contributed by atoms with Crippen molar-refractivity contribution < 1.29 is 4.79 Å². The molecule has 5 nitrogen and oxygen atoms in total. The summed E-state index contributed by atoms with van der Waals surface area (Å²) in [4.78, 5) is 24.0. The molecule has 3 aromatic rings. The van der Waals surface area contributed by atoms with Crippen LogP contribution in [-0.4, -0.2) is 26.8 Å². The number of anilines is 1. The topological polar surface area (TPSA) is 58.1 Å². The van der Waals surface area contributed by atoms with Gasteiger partial charge in [-0.25, -0.2) is 9.97 Å². The lowest BCUT2D eigenvalue weighted by atomic mass is 10.1. The highest BCUT2D eigenvalue weighted by molar-refractivity contribution is 5.92. The second kappa shape index (κ2) is 9.32. The van der Waals surface area contributed by atoms with Crippen LogP contribution in [0.15, 0.2) is 60.7 Å². The fourth-order valence-corrected chi connectivity index (χ4v) is 3.06. The second-order valence-corrected chi connectivity index (χ2v) is 7.57. The molecule has 150 valence electrons. The Morgan fingerprint density at radius 3 is 2.31 bits per heavy atom. The maximum Gasteiger partial charge on any atom is 0.273 e. The lowest BCUT2D eigenvalue weighted by Gasteiger charge is -2.26. The normalized spacial score (nSPS) is 10.8. The SMILES string of the molecule is Cc1ccc(CNc2nc(C)cc(C(=O)N(Cc3ccccc3)C(C)C)n2)cc1. The van der Waals surface area contributed by atoms with Gasteiger partial charge in [-0.1, -0.05) is 60.2 Å². The van der Waals surface area contributed by atoms with Crippen LogP contribution in [-0.2, 0) is 13.1 Å². The smallest absolute Gasteiger partial charge is 0.273 e. The third-order valence-corrected chi connectivity index (χ3v) is 4.72. The van der Waals surface area contributed by atoms with Gasteiger partial charge in [0.25, 0.3) is 5.91 Å². The summed E-state index contributed by atoms with van der Waals surface area (Å²) >= 11 is 0. The predicted molar refractivity (Wildman–Crippen MR) is 117 cm³/mol. The molecule has 2 aromatic carbocycles. The summed E-state index contributed by atoms with van der Waals surface area (Å²) in [6.45, 7) is 9.14. The van der Waals surface area contributed by atoms with Gasteiger partial charge in [-0.2, -0.15) is 0 Å². The molecule has 1 aromatic heterocycles. The highest BCUT2D eigenvalue weighted by Crippen LogP contribution is 2.15. The standard InChI is InChI=1S/C24H28N4O/c1-17(2)28(16-21-8-6-5-7-9-21)23(29)22-14-19(4)26-24(27-22)25-15-20-12-10-18(3)11-13-20/h5-14,17H,15-16H2,1-4H3,(H,25,26,27). The minimum atomic E-state index is -0.0901. The maximum atomic E-state index is 13.2. The first kappa shape index (κ1) is 20.5. The van der Waals surface area contributed by atoms with Gasteiger partial charge in [0.2, 0.25) is 5.95 Å². The van der Waals surface area contributed by atoms with Gasteiger partial charge in [-0.05, 0) is 44.9 Å². The third-order valence-electron chi connectivity index (χ3n) is 4.72. The third kappa shape index (κ3) is 5.64. The van der Waals surface area contributed by atoms with Crippen LogP contribution in [0.2, 0.25) is 0 Å². The van der Waals surface area contributed by atoms with Crippen molar-refractivity contribution in [1.82, 2.24) is 14.9 Å². The molecule has 0 radical (unpaired) electrons. The minimum absolute atomic E-state index is 0.0574. The zero-order valence-electron chi connectivity index (χ0n) is 17.5. The number of benzene rings is 2. The van der Waals surface area contributed by atoms with E-state index in [9.17, 15) is 4.79 Å². The highest BCUT2D eigenvalue weighted by Gasteiger charge is 2.21. The average molecular weight is 389 g/mol. The van der Waals surface area contributed by atoms with Crippen molar-refractivity contribution in [3.63, 3.8) is 0 Å². The summed E-state index contributed by atoms with van der Waals surface area (Å²) < 4.78 is 0. The molecular formula is C24H28N4O. The molecule has 3 rings (SSSR count). The molecule has 0 aliphatic carbocycles. The number of carbonyl (C=O) groups excluding carboxylic acids is 1. The second-order valence-electron chi connectivity index (χ2n) is 7.57. The zero-order valence-corrected chi connectivity index (χ0v) is 17.5. The number of aromatic nitrogens is 2. The van der Waals surface area contributed by atoms with Crippen molar-refractivity contribution in [2.75, 3.05) is 5.32 Å². The molecule has 0 aliphatic heterocycles. The quantitative estimate of drug-likeness (QED) is 0.634. The molecular weight excluding hydrogens is 360 g/mol. The molecule has 29 heavy (non-hydrogen) atoms. The van der Waals surface area contributed by atoms with Crippen molar-refractivity contribution in [2.24, 2.45) is 0 Å². The van der Waals surface area contributed by atoms with Crippen LogP contribution in [0, 0.1) is 13.8 Å². The molecule has 0 bridgehead atoms. The van der Waals surface area contributed by atoms with E-state index in [1.807, 2.05) is 56.0 Å². The van der Waals surface area contributed by atoms with Crippen molar-refractivity contribution in [3.05, 3.63) is 88.7 Å². The molecule has 1 N–H and O–H groups in total. The molecule has 0 atom stereocenters. The van der Waals surface area contributed by atoms with Crippen molar-refractivity contribution in [1.29, 1.82) is 0 Å². The number of hydrogen-bond acceptors (Lipinski definition) is 4. The van der Waals surface area contributed by atoms with E-state index < -0.39 is 0 Å². The first-order valence-electron chi connectivity index (χ1n) is 9.92. The van der Waals surface area contributed by atoms with E-state index in [0.29, 0.717) is 24.7 Å². The Balaban J connectivity index is 1.77. The van der Waals surface area contributed by atoms with E-state index in [1.54, 1.807) is 6.07 Å². The van der Waals surface area contributed by atoms with Gasteiger partial charge in [0.05, 0.1) is 0 Å². The van der Waals surface area contributed by atoms with E-state index in [2.05, 4.69) is 46.5 Å². The van der Waals surface area contributed by atoms with Crippen molar-refractivity contribution in [3.8, 4) is 0 Å². The lowest BCUT2D eigenvalue weighted by Crippen LogP contribution is -2.37. The summed E-state index contributed by atoms with van der Waals surface area (Å²) in [5.41, 5.74) is 4.63. The van der Waals surface area contributed by atoms with E-state index in [-0.39, 0.29) is 11.9 Å². The van der Waals surface area contributed by atoms with Crippen LogP contribution in [0.25, 0.3) is 0 Å². The van der Waals surface area contributed by atoms with Gasteiger partial charge in [0, 0.05) is 24.8 Å². The Labute approximate surface area is 172 Å². The molecule has 1 heterocycles. The van der Waals surface area contributed by atoms with Crippen LogP contribution in [0.1, 0.15) is 46.7 Å². The predicted octanol–water partition coefficient (Wildman–Crippen LogP) is 4.76. The van der Waals surface area contributed by atoms with Crippen LogP contribution >= 0.6 is 0 Å². The van der Waals surface area contributed by atoms with Crippen LogP contribution in [0.5, 0.6) is 0 Å². The first-order chi connectivity index (χ1) is 13.9. The number of rotatable bonds is 7. The summed E-state index contributed by atoms with van der Waals surface area (Å²) in [5.74, 6) is 0.380. The van der Waals surface area contributed by atoms with Crippen LogP contribution in [0.4, 0.5) is 5.95 Å². The maximum absolute atomic E-state index is 13.2. The van der Waals surface area contributed by atoms with Gasteiger partial charge < -0.3 is 10.2 Å². The van der Waals surface area contributed by atoms with Crippen LogP contribution < -0.4 is 5.32 Å². The average Bonchev–Trinajstić information content (AvgIpc) is 2.71. The molecule has 1 amide bonds. The Kier molecular flexibility index (Phi) is 6.60. The summed E-state index contributed by atoms with van der Waals surface area (Å²) in [7, 11) is 0. The number of nitrogens with zero attached hydrogens (tertiary/aromatic N) is 3.